The Morgan fingerprint density at radius 1 is 1.12 bits per heavy atom. The number of amides is 1. The third-order valence-electron chi connectivity index (χ3n) is 4.70. The lowest BCUT2D eigenvalue weighted by atomic mass is 9.96. The van der Waals surface area contributed by atoms with E-state index in [0.717, 1.165) is 44.8 Å². The number of piperidine rings is 1. The van der Waals surface area contributed by atoms with Gasteiger partial charge in [-0.2, -0.15) is 0 Å². The van der Waals surface area contributed by atoms with Crippen LogP contribution in [0.5, 0.6) is 5.75 Å². The van der Waals surface area contributed by atoms with Crippen LogP contribution in [0.4, 0.5) is 0 Å². The highest BCUT2D eigenvalue weighted by Crippen LogP contribution is 2.18. The van der Waals surface area contributed by atoms with Crippen molar-refractivity contribution >= 4 is 24.1 Å². The molecule has 1 N–H and O–H groups in total. The topological polar surface area (TPSA) is 58.6 Å². The predicted molar refractivity (Wildman–Crippen MR) is 106 cm³/mol. The maximum atomic E-state index is 12.3. The minimum Gasteiger partial charge on any atom is -0.494 e. The van der Waals surface area contributed by atoms with Gasteiger partial charge in [0.15, 0.2) is 5.78 Å². The standard InChI is InChI=1S/C20H30N2O3.ClH/c1-3-21-15-16-11-13-22(14-12-16)20(24)10-9-19(23)17-5-7-18(8-6-17)25-4-2;/h5-8,16,21H,3-4,9-15H2,1-2H3;1H. The normalized spacial score (nSPS) is 14.6. The second-order valence-corrected chi connectivity index (χ2v) is 6.51. The molecule has 6 heteroatoms. The number of hydrogen-bond donors (Lipinski definition) is 1. The van der Waals surface area contributed by atoms with Crippen LogP contribution in [0.3, 0.4) is 0 Å². The number of likely N-dealkylation sites (tertiary alicyclic amines) is 1. The first-order valence-corrected chi connectivity index (χ1v) is 9.38. The van der Waals surface area contributed by atoms with E-state index in [1.807, 2.05) is 11.8 Å². The van der Waals surface area contributed by atoms with Crippen LogP contribution in [-0.2, 0) is 4.79 Å². The van der Waals surface area contributed by atoms with Gasteiger partial charge >= 0.3 is 0 Å². The highest BCUT2D eigenvalue weighted by Gasteiger charge is 2.22. The Kier molecular flexibility index (Phi) is 10.3. The van der Waals surface area contributed by atoms with Crippen LogP contribution in [0.25, 0.3) is 0 Å². The minimum absolute atomic E-state index is 0. The molecule has 1 aliphatic rings. The average molecular weight is 383 g/mol. The highest BCUT2D eigenvalue weighted by molar-refractivity contribution is 5.98. The number of carbonyl (C=O) groups excluding carboxylic acids is 2. The molecule has 1 aromatic rings. The van der Waals surface area contributed by atoms with Crippen LogP contribution in [0.1, 0.15) is 49.9 Å². The molecule has 0 spiro atoms. The Morgan fingerprint density at radius 2 is 1.77 bits per heavy atom. The van der Waals surface area contributed by atoms with E-state index >= 15 is 0 Å². The second kappa shape index (κ2) is 11.9. The lowest BCUT2D eigenvalue weighted by molar-refractivity contribution is -0.132. The number of hydrogen-bond acceptors (Lipinski definition) is 4. The Labute approximate surface area is 162 Å². The van der Waals surface area contributed by atoms with Crippen molar-refractivity contribution in [2.75, 3.05) is 32.8 Å². The number of rotatable bonds is 9. The fourth-order valence-corrected chi connectivity index (χ4v) is 3.16. The molecule has 146 valence electrons. The van der Waals surface area contributed by atoms with Crippen LogP contribution >= 0.6 is 12.4 Å². The van der Waals surface area contributed by atoms with Crippen LogP contribution in [0.2, 0.25) is 0 Å². The van der Waals surface area contributed by atoms with Crippen molar-refractivity contribution in [3.63, 3.8) is 0 Å². The Balaban J connectivity index is 0.00000338. The number of carbonyl (C=O) groups is 2. The molecule has 2 rings (SSSR count). The third-order valence-corrected chi connectivity index (χ3v) is 4.70. The summed E-state index contributed by atoms with van der Waals surface area (Å²) in [5, 5.41) is 3.38. The van der Waals surface area contributed by atoms with E-state index in [-0.39, 0.29) is 30.5 Å². The van der Waals surface area contributed by atoms with Gasteiger partial charge in [-0.05, 0) is 63.0 Å². The lowest BCUT2D eigenvalue weighted by Crippen LogP contribution is -2.40. The van der Waals surface area contributed by atoms with Crippen molar-refractivity contribution in [2.45, 2.75) is 39.5 Å². The summed E-state index contributed by atoms with van der Waals surface area (Å²) in [6.07, 6.45) is 2.66. The van der Waals surface area contributed by atoms with Crippen molar-refractivity contribution in [1.29, 1.82) is 0 Å². The Morgan fingerprint density at radius 3 is 2.35 bits per heavy atom. The summed E-state index contributed by atoms with van der Waals surface area (Å²) in [7, 11) is 0. The van der Waals surface area contributed by atoms with Crippen LogP contribution in [0.15, 0.2) is 24.3 Å². The summed E-state index contributed by atoms with van der Waals surface area (Å²) < 4.78 is 5.37. The van der Waals surface area contributed by atoms with Gasteiger partial charge in [0, 0.05) is 31.5 Å². The van der Waals surface area contributed by atoms with Gasteiger partial charge in [0.05, 0.1) is 6.61 Å². The van der Waals surface area contributed by atoms with Gasteiger partial charge in [0.1, 0.15) is 5.75 Å². The van der Waals surface area contributed by atoms with Crippen molar-refractivity contribution in [3.8, 4) is 5.75 Å². The SMILES string of the molecule is CCNCC1CCN(C(=O)CCC(=O)c2ccc(OCC)cc2)CC1.Cl. The zero-order valence-electron chi connectivity index (χ0n) is 15.8. The molecule has 1 saturated heterocycles. The molecular formula is C20H31ClN2O3. The molecule has 1 fully saturated rings. The number of ketones is 1. The Bertz CT molecular complexity index is 555. The number of nitrogens with zero attached hydrogens (tertiary/aromatic N) is 1. The largest absolute Gasteiger partial charge is 0.494 e. The molecule has 1 aliphatic heterocycles. The molecule has 1 amide bonds. The Hall–Kier alpha value is -1.59. The number of halogens is 1. The quantitative estimate of drug-likeness (QED) is 0.665. The van der Waals surface area contributed by atoms with E-state index in [1.54, 1.807) is 24.3 Å². The van der Waals surface area contributed by atoms with Crippen LogP contribution in [0, 0.1) is 5.92 Å². The van der Waals surface area contributed by atoms with Gasteiger partial charge in [-0.3, -0.25) is 9.59 Å². The predicted octanol–water partition coefficient (Wildman–Crippen LogP) is 3.32. The number of benzene rings is 1. The van der Waals surface area contributed by atoms with E-state index in [1.165, 1.54) is 0 Å². The van der Waals surface area contributed by atoms with Gasteiger partial charge in [0.2, 0.25) is 5.91 Å². The monoisotopic (exact) mass is 382 g/mol. The lowest BCUT2D eigenvalue weighted by Gasteiger charge is -2.32. The maximum absolute atomic E-state index is 12.3. The first-order valence-electron chi connectivity index (χ1n) is 9.38. The molecule has 0 radical (unpaired) electrons. The van der Waals surface area contributed by atoms with Crippen molar-refractivity contribution < 1.29 is 14.3 Å². The summed E-state index contributed by atoms with van der Waals surface area (Å²) in [4.78, 5) is 26.5. The van der Waals surface area contributed by atoms with E-state index in [9.17, 15) is 9.59 Å². The fraction of sp³-hybridized carbons (Fsp3) is 0.600. The molecule has 1 heterocycles. The molecule has 0 saturated carbocycles. The molecule has 0 bridgehead atoms. The zero-order chi connectivity index (χ0) is 18.1. The number of ether oxygens (including phenoxy) is 1. The fourth-order valence-electron chi connectivity index (χ4n) is 3.16. The van der Waals surface area contributed by atoms with Gasteiger partial charge in [-0.25, -0.2) is 0 Å². The molecule has 5 nitrogen and oxygen atoms in total. The summed E-state index contributed by atoms with van der Waals surface area (Å²) in [6.45, 7) is 8.29. The minimum atomic E-state index is 0. The molecule has 1 aromatic carbocycles. The van der Waals surface area contributed by atoms with Gasteiger partial charge in [0.25, 0.3) is 0 Å². The first-order chi connectivity index (χ1) is 12.1. The number of nitrogens with one attached hydrogen (secondary N) is 1. The second-order valence-electron chi connectivity index (χ2n) is 6.51. The van der Waals surface area contributed by atoms with Crippen LogP contribution in [-0.4, -0.2) is 49.4 Å². The molecule has 0 aliphatic carbocycles. The summed E-state index contributed by atoms with van der Waals surface area (Å²) in [6, 6.07) is 7.13. The zero-order valence-corrected chi connectivity index (χ0v) is 16.6. The summed E-state index contributed by atoms with van der Waals surface area (Å²) in [5.74, 6) is 1.53. The smallest absolute Gasteiger partial charge is 0.223 e. The average Bonchev–Trinajstić information content (AvgIpc) is 2.65. The first kappa shape index (κ1) is 22.5. The van der Waals surface area contributed by atoms with Gasteiger partial charge < -0.3 is 15.0 Å². The summed E-state index contributed by atoms with van der Waals surface area (Å²) in [5.41, 5.74) is 0.639. The van der Waals surface area contributed by atoms with Gasteiger partial charge in [-0.15, -0.1) is 12.4 Å². The van der Waals surface area contributed by atoms with E-state index in [0.29, 0.717) is 24.5 Å². The highest BCUT2D eigenvalue weighted by atomic mass is 35.5. The van der Waals surface area contributed by atoms with Crippen molar-refractivity contribution in [3.05, 3.63) is 29.8 Å². The summed E-state index contributed by atoms with van der Waals surface area (Å²) >= 11 is 0. The molecule has 0 aromatic heterocycles. The van der Waals surface area contributed by atoms with Crippen molar-refractivity contribution in [1.82, 2.24) is 10.2 Å². The van der Waals surface area contributed by atoms with Gasteiger partial charge in [-0.1, -0.05) is 6.92 Å². The molecule has 26 heavy (non-hydrogen) atoms. The van der Waals surface area contributed by atoms with E-state index in [4.69, 9.17) is 4.74 Å². The molecule has 0 atom stereocenters. The maximum Gasteiger partial charge on any atom is 0.223 e. The third kappa shape index (κ3) is 6.96. The molecule has 0 unspecified atom stereocenters. The van der Waals surface area contributed by atoms with E-state index < -0.39 is 0 Å². The molecular weight excluding hydrogens is 352 g/mol. The van der Waals surface area contributed by atoms with Crippen LogP contribution < -0.4 is 10.1 Å². The van der Waals surface area contributed by atoms with Crippen molar-refractivity contribution in [2.24, 2.45) is 5.92 Å². The van der Waals surface area contributed by atoms with E-state index in [2.05, 4.69) is 12.2 Å². The number of Topliss-reactive ketones (excluding diaryl/α,β-unsaturated/α-hetero) is 1.